The molecule has 0 heterocycles. The van der Waals surface area contributed by atoms with E-state index in [0.717, 1.165) is 6.07 Å². The van der Waals surface area contributed by atoms with Crippen LogP contribution in [-0.2, 0) is 9.53 Å². The summed E-state index contributed by atoms with van der Waals surface area (Å²) < 4.78 is 17.4. The van der Waals surface area contributed by atoms with Gasteiger partial charge in [0.15, 0.2) is 0 Å². The molecule has 0 bridgehead atoms. The normalized spacial score (nSPS) is 9.00. The van der Waals surface area contributed by atoms with Crippen LogP contribution in [0.25, 0.3) is 0 Å². The molecule has 1 aromatic carbocycles. The van der Waals surface area contributed by atoms with E-state index in [0.29, 0.717) is 5.02 Å². The molecule has 2 nitrogen and oxygen atoms in total. The average molecular weight is 227 g/mol. The smallest absolute Gasteiger partial charge is 0.384 e. The third kappa shape index (κ3) is 3.61. The number of esters is 1. The van der Waals surface area contributed by atoms with Crippen molar-refractivity contribution in [2.75, 3.05) is 6.61 Å². The lowest BCUT2D eigenvalue weighted by Crippen LogP contribution is -1.99. The van der Waals surface area contributed by atoms with Crippen LogP contribution in [0.4, 0.5) is 4.39 Å². The Labute approximate surface area is 92.0 Å². The molecule has 0 radical (unpaired) electrons. The van der Waals surface area contributed by atoms with Gasteiger partial charge in [-0.2, -0.15) is 0 Å². The Morgan fingerprint density at radius 1 is 1.60 bits per heavy atom. The summed E-state index contributed by atoms with van der Waals surface area (Å²) in [5.74, 6) is 3.54. The van der Waals surface area contributed by atoms with Crippen LogP contribution in [0.15, 0.2) is 18.2 Å². The summed E-state index contributed by atoms with van der Waals surface area (Å²) in [6, 6.07) is 3.76. The van der Waals surface area contributed by atoms with Gasteiger partial charge in [0.1, 0.15) is 5.82 Å². The first-order chi connectivity index (χ1) is 7.13. The molecule has 78 valence electrons. The maximum Gasteiger partial charge on any atom is 0.384 e. The molecular formula is C11H8ClFO2. The zero-order valence-electron chi connectivity index (χ0n) is 8.01. The maximum atomic E-state index is 12.8. The Hall–Kier alpha value is -1.53. The predicted molar refractivity (Wildman–Crippen MR) is 54.9 cm³/mol. The van der Waals surface area contributed by atoms with Gasteiger partial charge in [0.2, 0.25) is 0 Å². The quantitative estimate of drug-likeness (QED) is 0.543. The molecule has 0 saturated heterocycles. The molecule has 0 aliphatic heterocycles. The van der Waals surface area contributed by atoms with Crippen LogP contribution < -0.4 is 0 Å². The molecule has 0 aromatic heterocycles. The molecule has 0 saturated carbocycles. The first-order valence-electron chi connectivity index (χ1n) is 4.27. The second-order valence-electron chi connectivity index (χ2n) is 2.59. The fourth-order valence-corrected chi connectivity index (χ4v) is 1.04. The van der Waals surface area contributed by atoms with Gasteiger partial charge in [-0.15, -0.1) is 0 Å². The van der Waals surface area contributed by atoms with E-state index in [2.05, 4.69) is 16.6 Å². The van der Waals surface area contributed by atoms with E-state index >= 15 is 0 Å². The second-order valence-corrected chi connectivity index (χ2v) is 3.00. The summed E-state index contributed by atoms with van der Waals surface area (Å²) in [7, 11) is 0. The van der Waals surface area contributed by atoms with E-state index in [9.17, 15) is 9.18 Å². The number of benzene rings is 1. The second kappa shape index (κ2) is 5.38. The number of carbonyl (C=O) groups excluding carboxylic acids is 1. The van der Waals surface area contributed by atoms with Crippen molar-refractivity contribution in [2.24, 2.45) is 0 Å². The Morgan fingerprint density at radius 3 is 3.00 bits per heavy atom. The van der Waals surface area contributed by atoms with Gasteiger partial charge in [-0.05, 0) is 25.1 Å². The van der Waals surface area contributed by atoms with Crippen molar-refractivity contribution in [1.82, 2.24) is 0 Å². The average Bonchev–Trinajstić information content (AvgIpc) is 2.20. The van der Waals surface area contributed by atoms with Crippen LogP contribution in [0.2, 0.25) is 5.02 Å². The standard InChI is InChI=1S/C11H8ClFO2/c1-2-15-11(14)6-3-8-7-9(13)4-5-10(8)12/h4-5,7H,2H2,1H3. The lowest BCUT2D eigenvalue weighted by molar-refractivity contribution is -0.136. The zero-order valence-corrected chi connectivity index (χ0v) is 8.77. The van der Waals surface area contributed by atoms with Gasteiger partial charge in [0, 0.05) is 11.5 Å². The predicted octanol–water partition coefficient (Wildman–Crippen LogP) is 2.39. The van der Waals surface area contributed by atoms with E-state index in [1.54, 1.807) is 6.92 Å². The van der Waals surface area contributed by atoms with E-state index < -0.39 is 11.8 Å². The highest BCUT2D eigenvalue weighted by atomic mass is 35.5. The fraction of sp³-hybridized carbons (Fsp3) is 0.182. The highest BCUT2D eigenvalue weighted by Gasteiger charge is 1.99. The molecule has 0 unspecified atom stereocenters. The minimum absolute atomic E-state index is 0.254. The fourth-order valence-electron chi connectivity index (χ4n) is 0.879. The van der Waals surface area contributed by atoms with Crippen LogP contribution in [0.5, 0.6) is 0 Å². The van der Waals surface area contributed by atoms with E-state index in [4.69, 9.17) is 11.6 Å². The maximum absolute atomic E-state index is 12.8. The van der Waals surface area contributed by atoms with Gasteiger partial charge < -0.3 is 4.74 Å². The number of hydrogen-bond donors (Lipinski definition) is 0. The lowest BCUT2D eigenvalue weighted by atomic mass is 10.2. The topological polar surface area (TPSA) is 26.3 Å². The van der Waals surface area contributed by atoms with Crippen molar-refractivity contribution >= 4 is 17.6 Å². The van der Waals surface area contributed by atoms with Crippen molar-refractivity contribution in [3.05, 3.63) is 34.6 Å². The van der Waals surface area contributed by atoms with Crippen LogP contribution in [0.1, 0.15) is 12.5 Å². The zero-order chi connectivity index (χ0) is 11.3. The minimum Gasteiger partial charge on any atom is -0.456 e. The van der Waals surface area contributed by atoms with Crippen molar-refractivity contribution in [2.45, 2.75) is 6.92 Å². The summed E-state index contributed by atoms with van der Waals surface area (Å²) in [6.07, 6.45) is 0. The number of rotatable bonds is 1. The monoisotopic (exact) mass is 226 g/mol. The van der Waals surface area contributed by atoms with Crippen molar-refractivity contribution < 1.29 is 13.9 Å². The molecule has 0 spiro atoms. The van der Waals surface area contributed by atoms with Crippen molar-refractivity contribution in [3.63, 3.8) is 0 Å². The summed E-state index contributed by atoms with van der Waals surface area (Å²) in [5, 5.41) is 0.299. The molecule has 0 aliphatic carbocycles. The largest absolute Gasteiger partial charge is 0.456 e. The lowest BCUT2D eigenvalue weighted by Gasteiger charge is -1.95. The molecule has 0 N–H and O–H groups in total. The summed E-state index contributed by atoms with van der Waals surface area (Å²) in [6.45, 7) is 1.93. The number of ether oxygens (including phenoxy) is 1. The van der Waals surface area contributed by atoms with E-state index in [-0.39, 0.29) is 12.2 Å². The Balaban J connectivity index is 2.88. The molecule has 1 rings (SSSR count). The molecule has 1 aromatic rings. The summed E-state index contributed by atoms with van der Waals surface area (Å²) >= 11 is 5.74. The van der Waals surface area contributed by atoms with Crippen molar-refractivity contribution in [1.29, 1.82) is 0 Å². The summed E-state index contributed by atoms with van der Waals surface area (Å²) in [4.78, 5) is 10.9. The number of hydrogen-bond acceptors (Lipinski definition) is 2. The highest BCUT2D eigenvalue weighted by molar-refractivity contribution is 6.31. The van der Waals surface area contributed by atoms with Gasteiger partial charge in [0.05, 0.1) is 11.6 Å². The third-order valence-corrected chi connectivity index (χ3v) is 1.83. The van der Waals surface area contributed by atoms with Gasteiger partial charge in [-0.25, -0.2) is 9.18 Å². The molecule has 0 amide bonds. The van der Waals surface area contributed by atoms with Crippen LogP contribution in [-0.4, -0.2) is 12.6 Å². The number of carbonyl (C=O) groups is 1. The van der Waals surface area contributed by atoms with Gasteiger partial charge in [0.25, 0.3) is 0 Å². The molecule has 0 aliphatic rings. The van der Waals surface area contributed by atoms with Crippen LogP contribution >= 0.6 is 11.6 Å². The van der Waals surface area contributed by atoms with Crippen LogP contribution in [0, 0.1) is 17.7 Å². The Bertz CT molecular complexity index is 432. The van der Waals surface area contributed by atoms with Gasteiger partial charge in [-0.3, -0.25) is 0 Å². The van der Waals surface area contributed by atoms with E-state index in [1.807, 2.05) is 0 Å². The first kappa shape index (κ1) is 11.5. The molecular weight excluding hydrogens is 219 g/mol. The first-order valence-corrected chi connectivity index (χ1v) is 4.65. The summed E-state index contributed by atoms with van der Waals surface area (Å²) in [5.41, 5.74) is 0.268. The third-order valence-electron chi connectivity index (χ3n) is 1.50. The molecule has 15 heavy (non-hydrogen) atoms. The number of halogens is 2. The van der Waals surface area contributed by atoms with Crippen LogP contribution in [0.3, 0.4) is 0 Å². The molecule has 0 atom stereocenters. The molecule has 4 heteroatoms. The minimum atomic E-state index is -0.655. The highest BCUT2D eigenvalue weighted by Crippen LogP contribution is 2.15. The Morgan fingerprint density at radius 2 is 2.33 bits per heavy atom. The Kier molecular flexibility index (Phi) is 4.14. The van der Waals surface area contributed by atoms with E-state index in [1.165, 1.54) is 12.1 Å². The van der Waals surface area contributed by atoms with Gasteiger partial charge >= 0.3 is 5.97 Å². The van der Waals surface area contributed by atoms with Gasteiger partial charge in [-0.1, -0.05) is 17.5 Å². The SMILES string of the molecule is CCOC(=O)C#Cc1cc(F)ccc1Cl. The van der Waals surface area contributed by atoms with Crippen molar-refractivity contribution in [3.8, 4) is 11.8 Å². The molecule has 0 fully saturated rings.